The largest absolute Gasteiger partial charge is 0.493 e. The quantitative estimate of drug-likeness (QED) is 0.835. The third-order valence-electron chi connectivity index (χ3n) is 3.98. The van der Waals surface area contributed by atoms with Crippen molar-refractivity contribution in [3.63, 3.8) is 0 Å². The van der Waals surface area contributed by atoms with Crippen molar-refractivity contribution in [3.8, 4) is 17.2 Å². The number of hydrogen-bond acceptors (Lipinski definition) is 3. The van der Waals surface area contributed by atoms with Crippen LogP contribution in [0.1, 0.15) is 19.3 Å². The fourth-order valence-electron chi connectivity index (χ4n) is 2.41. The first-order valence-corrected chi connectivity index (χ1v) is 7.46. The van der Waals surface area contributed by atoms with Gasteiger partial charge < -0.3 is 15.2 Å². The average Bonchev–Trinajstić information content (AvgIpc) is 3.28. The molecule has 1 aliphatic rings. The van der Waals surface area contributed by atoms with E-state index in [1.165, 1.54) is 12.8 Å². The smallest absolute Gasteiger partial charge is 0.127 e. The number of rotatable bonds is 7. The number of hydrogen-bond donors (Lipinski definition) is 1. The summed E-state index contributed by atoms with van der Waals surface area (Å²) in [6.07, 6.45) is 3.53. The van der Waals surface area contributed by atoms with Crippen molar-refractivity contribution < 1.29 is 9.47 Å². The Morgan fingerprint density at radius 3 is 2.10 bits per heavy atom. The maximum atomic E-state index is 5.88. The molecule has 0 saturated heterocycles. The Labute approximate surface area is 125 Å². The van der Waals surface area contributed by atoms with Gasteiger partial charge in [-0.15, -0.1) is 0 Å². The van der Waals surface area contributed by atoms with Gasteiger partial charge in [0.1, 0.15) is 17.2 Å². The van der Waals surface area contributed by atoms with E-state index in [0.717, 1.165) is 36.8 Å². The van der Waals surface area contributed by atoms with Crippen LogP contribution in [0, 0.1) is 5.41 Å². The van der Waals surface area contributed by atoms with Crippen LogP contribution in [0.3, 0.4) is 0 Å². The number of para-hydroxylation sites is 1. The molecule has 2 aromatic rings. The van der Waals surface area contributed by atoms with E-state index < -0.39 is 0 Å². The second-order valence-corrected chi connectivity index (χ2v) is 5.71. The Morgan fingerprint density at radius 1 is 0.857 bits per heavy atom. The van der Waals surface area contributed by atoms with Crippen molar-refractivity contribution in [1.82, 2.24) is 0 Å². The fraction of sp³-hybridized carbons (Fsp3) is 0.333. The van der Waals surface area contributed by atoms with E-state index >= 15 is 0 Å². The molecule has 110 valence electrons. The normalized spacial score (nSPS) is 15.5. The summed E-state index contributed by atoms with van der Waals surface area (Å²) in [4.78, 5) is 0. The fourth-order valence-corrected chi connectivity index (χ4v) is 2.41. The molecule has 1 saturated carbocycles. The maximum absolute atomic E-state index is 5.88. The molecule has 0 aliphatic heterocycles. The van der Waals surface area contributed by atoms with Crippen molar-refractivity contribution in [2.45, 2.75) is 19.3 Å². The lowest BCUT2D eigenvalue weighted by Crippen LogP contribution is -2.17. The SMILES string of the molecule is NCCC1(COc2ccc(Oc3ccccc3)cc2)CC1. The monoisotopic (exact) mass is 283 g/mol. The molecular weight excluding hydrogens is 262 g/mol. The molecule has 0 heterocycles. The Morgan fingerprint density at radius 2 is 1.48 bits per heavy atom. The predicted octanol–water partition coefficient (Wildman–Crippen LogP) is 3.99. The van der Waals surface area contributed by atoms with Crippen LogP contribution in [0.2, 0.25) is 0 Å². The minimum atomic E-state index is 0.341. The van der Waals surface area contributed by atoms with E-state index in [4.69, 9.17) is 15.2 Å². The first-order valence-electron chi connectivity index (χ1n) is 7.46. The summed E-state index contributed by atoms with van der Waals surface area (Å²) in [7, 11) is 0. The molecule has 2 N–H and O–H groups in total. The average molecular weight is 283 g/mol. The zero-order chi connectivity index (χ0) is 14.5. The van der Waals surface area contributed by atoms with Gasteiger partial charge in [-0.2, -0.15) is 0 Å². The zero-order valence-corrected chi connectivity index (χ0v) is 12.1. The van der Waals surface area contributed by atoms with Crippen LogP contribution in [0.15, 0.2) is 54.6 Å². The first-order chi connectivity index (χ1) is 10.3. The van der Waals surface area contributed by atoms with E-state index in [2.05, 4.69) is 0 Å². The molecular formula is C18H21NO2. The Kier molecular flexibility index (Phi) is 4.11. The highest BCUT2D eigenvalue weighted by Crippen LogP contribution is 2.48. The van der Waals surface area contributed by atoms with Crippen molar-refractivity contribution in [2.75, 3.05) is 13.2 Å². The summed E-state index contributed by atoms with van der Waals surface area (Å²) in [5, 5.41) is 0. The highest BCUT2D eigenvalue weighted by Gasteiger charge is 2.42. The topological polar surface area (TPSA) is 44.5 Å². The van der Waals surface area contributed by atoms with Crippen molar-refractivity contribution >= 4 is 0 Å². The molecule has 0 aromatic heterocycles. The van der Waals surface area contributed by atoms with Crippen molar-refractivity contribution in [2.24, 2.45) is 11.1 Å². The summed E-state index contributed by atoms with van der Waals surface area (Å²) in [6.45, 7) is 1.51. The molecule has 1 aliphatic carbocycles. The molecule has 0 amide bonds. The Balaban J connectivity index is 1.55. The molecule has 21 heavy (non-hydrogen) atoms. The lowest BCUT2D eigenvalue weighted by molar-refractivity contribution is 0.227. The molecule has 3 nitrogen and oxygen atoms in total. The number of ether oxygens (including phenoxy) is 2. The van der Waals surface area contributed by atoms with Gasteiger partial charge in [0, 0.05) is 5.41 Å². The van der Waals surface area contributed by atoms with Crippen LogP contribution in [-0.2, 0) is 0 Å². The molecule has 0 spiro atoms. The van der Waals surface area contributed by atoms with Crippen molar-refractivity contribution in [1.29, 1.82) is 0 Å². The van der Waals surface area contributed by atoms with Crippen molar-refractivity contribution in [3.05, 3.63) is 54.6 Å². The molecule has 0 bridgehead atoms. The van der Waals surface area contributed by atoms with E-state index in [9.17, 15) is 0 Å². The van der Waals surface area contributed by atoms with Gasteiger partial charge in [0.25, 0.3) is 0 Å². The van der Waals surface area contributed by atoms with Gasteiger partial charge in [-0.1, -0.05) is 18.2 Å². The van der Waals surface area contributed by atoms with Crippen LogP contribution in [0.4, 0.5) is 0 Å². The molecule has 0 atom stereocenters. The number of nitrogens with two attached hydrogens (primary N) is 1. The van der Waals surface area contributed by atoms with Crippen LogP contribution in [0.25, 0.3) is 0 Å². The minimum absolute atomic E-state index is 0.341. The second kappa shape index (κ2) is 6.19. The molecule has 3 rings (SSSR count). The Hall–Kier alpha value is -2.00. The van der Waals surface area contributed by atoms with E-state index in [1.54, 1.807) is 0 Å². The van der Waals surface area contributed by atoms with Gasteiger partial charge in [-0.25, -0.2) is 0 Å². The molecule has 0 unspecified atom stereocenters. The minimum Gasteiger partial charge on any atom is -0.493 e. The van der Waals surface area contributed by atoms with Crippen LogP contribution in [0.5, 0.6) is 17.2 Å². The molecule has 1 fully saturated rings. The number of benzene rings is 2. The van der Waals surface area contributed by atoms with Crippen LogP contribution in [-0.4, -0.2) is 13.2 Å². The summed E-state index contributed by atoms with van der Waals surface area (Å²) >= 11 is 0. The van der Waals surface area contributed by atoms with Gasteiger partial charge in [0.15, 0.2) is 0 Å². The third-order valence-corrected chi connectivity index (χ3v) is 3.98. The first kappa shape index (κ1) is 14.0. The lowest BCUT2D eigenvalue weighted by Gasteiger charge is -2.15. The van der Waals surface area contributed by atoms with Gasteiger partial charge in [-0.3, -0.25) is 0 Å². The van der Waals surface area contributed by atoms with Crippen LogP contribution >= 0.6 is 0 Å². The summed E-state index contributed by atoms with van der Waals surface area (Å²) in [5.74, 6) is 2.54. The standard InChI is InChI=1S/C18H21NO2/c19-13-12-18(10-11-18)14-20-15-6-8-17(9-7-15)21-16-4-2-1-3-5-16/h1-9H,10-14,19H2. The van der Waals surface area contributed by atoms with E-state index in [1.807, 2.05) is 54.6 Å². The maximum Gasteiger partial charge on any atom is 0.127 e. The molecule has 3 heteroatoms. The molecule has 2 aromatic carbocycles. The summed E-state index contributed by atoms with van der Waals surface area (Å²) in [5.41, 5.74) is 5.99. The zero-order valence-electron chi connectivity index (χ0n) is 12.1. The Bertz CT molecular complexity index is 562. The molecule has 0 radical (unpaired) electrons. The van der Waals surface area contributed by atoms with Gasteiger partial charge in [0.2, 0.25) is 0 Å². The highest BCUT2D eigenvalue weighted by atomic mass is 16.5. The predicted molar refractivity (Wildman–Crippen MR) is 83.8 cm³/mol. The second-order valence-electron chi connectivity index (χ2n) is 5.71. The highest BCUT2D eigenvalue weighted by molar-refractivity contribution is 5.35. The van der Waals surface area contributed by atoms with Gasteiger partial charge in [0.05, 0.1) is 6.61 Å². The van der Waals surface area contributed by atoms with E-state index in [0.29, 0.717) is 5.41 Å². The lowest BCUT2D eigenvalue weighted by atomic mass is 10.0. The van der Waals surface area contributed by atoms with Gasteiger partial charge in [-0.05, 0) is 62.2 Å². The third kappa shape index (κ3) is 3.76. The summed E-state index contributed by atoms with van der Waals surface area (Å²) < 4.78 is 11.6. The summed E-state index contributed by atoms with van der Waals surface area (Å²) in [6, 6.07) is 17.5. The van der Waals surface area contributed by atoms with E-state index in [-0.39, 0.29) is 0 Å². The van der Waals surface area contributed by atoms with Gasteiger partial charge >= 0.3 is 0 Å². The van der Waals surface area contributed by atoms with Crippen LogP contribution < -0.4 is 15.2 Å².